The van der Waals surface area contributed by atoms with Gasteiger partial charge in [0.15, 0.2) is 0 Å². The minimum absolute atomic E-state index is 0.0995. The number of rotatable bonds is 6. The van der Waals surface area contributed by atoms with Gasteiger partial charge < -0.3 is 15.4 Å². The van der Waals surface area contributed by atoms with Crippen LogP contribution in [-0.2, 0) is 0 Å². The monoisotopic (exact) mass is 356 g/mol. The molecule has 134 valence electrons. The van der Waals surface area contributed by atoms with Crippen molar-refractivity contribution in [1.29, 1.82) is 0 Å². The molecule has 0 saturated carbocycles. The molecule has 3 aromatic rings. The maximum atomic E-state index is 13.8. The Labute approximate surface area is 150 Å². The predicted octanol–water partition coefficient (Wildman–Crippen LogP) is 4.95. The van der Waals surface area contributed by atoms with Crippen molar-refractivity contribution in [2.75, 3.05) is 17.2 Å². The maximum Gasteiger partial charge on any atom is 0.229 e. The third-order valence-electron chi connectivity index (χ3n) is 3.49. The first-order valence-corrected chi connectivity index (χ1v) is 8.12. The SMILES string of the molecule is CCOc1ccc(Nc2cc(C)nc(Nc3c(F)cccc3F)n2)cc1. The highest BCUT2D eigenvalue weighted by molar-refractivity contribution is 5.61. The molecule has 0 aliphatic heterocycles. The molecule has 1 aromatic heterocycles. The van der Waals surface area contributed by atoms with Gasteiger partial charge in [0.05, 0.1) is 6.61 Å². The van der Waals surface area contributed by atoms with E-state index in [0.29, 0.717) is 18.1 Å². The van der Waals surface area contributed by atoms with Crippen LogP contribution in [0.2, 0.25) is 0 Å². The summed E-state index contributed by atoms with van der Waals surface area (Å²) in [5.41, 5.74) is 1.16. The number of ether oxygens (including phenoxy) is 1. The molecule has 2 N–H and O–H groups in total. The van der Waals surface area contributed by atoms with E-state index in [9.17, 15) is 8.78 Å². The summed E-state index contributed by atoms with van der Waals surface area (Å²) < 4.78 is 33.0. The van der Waals surface area contributed by atoms with E-state index in [1.54, 1.807) is 13.0 Å². The smallest absolute Gasteiger partial charge is 0.229 e. The average molecular weight is 356 g/mol. The van der Waals surface area contributed by atoms with E-state index in [1.165, 1.54) is 18.2 Å². The van der Waals surface area contributed by atoms with E-state index in [0.717, 1.165) is 11.4 Å². The van der Waals surface area contributed by atoms with Crippen LogP contribution in [-0.4, -0.2) is 16.6 Å². The van der Waals surface area contributed by atoms with Gasteiger partial charge in [-0.2, -0.15) is 4.98 Å². The van der Waals surface area contributed by atoms with Gasteiger partial charge in [-0.05, 0) is 50.2 Å². The molecule has 5 nitrogen and oxygen atoms in total. The zero-order valence-electron chi connectivity index (χ0n) is 14.4. The van der Waals surface area contributed by atoms with Crippen LogP contribution in [0.1, 0.15) is 12.6 Å². The van der Waals surface area contributed by atoms with Crippen molar-refractivity contribution in [3.05, 3.63) is 65.9 Å². The molecule has 1 heterocycles. The quantitative estimate of drug-likeness (QED) is 0.654. The molecular formula is C19H18F2N4O. The molecule has 0 atom stereocenters. The first-order chi connectivity index (χ1) is 12.5. The van der Waals surface area contributed by atoms with E-state index in [-0.39, 0.29) is 11.6 Å². The summed E-state index contributed by atoms with van der Waals surface area (Å²) >= 11 is 0. The van der Waals surface area contributed by atoms with Gasteiger partial charge in [0.1, 0.15) is 28.9 Å². The largest absolute Gasteiger partial charge is 0.494 e. The summed E-state index contributed by atoms with van der Waals surface area (Å²) in [5.74, 6) is -0.0510. The molecule has 2 aromatic carbocycles. The number of hydrogen-bond donors (Lipinski definition) is 2. The van der Waals surface area contributed by atoms with E-state index in [4.69, 9.17) is 4.74 Å². The second-order valence-electron chi connectivity index (χ2n) is 5.52. The predicted molar refractivity (Wildman–Crippen MR) is 97.3 cm³/mol. The maximum absolute atomic E-state index is 13.8. The number of aryl methyl sites for hydroxylation is 1. The van der Waals surface area contributed by atoms with Crippen molar-refractivity contribution < 1.29 is 13.5 Å². The number of anilines is 4. The van der Waals surface area contributed by atoms with Crippen molar-refractivity contribution in [2.24, 2.45) is 0 Å². The Hall–Kier alpha value is -3.22. The van der Waals surface area contributed by atoms with Crippen LogP contribution in [0, 0.1) is 18.6 Å². The van der Waals surface area contributed by atoms with E-state index < -0.39 is 11.6 Å². The zero-order valence-corrected chi connectivity index (χ0v) is 14.4. The minimum Gasteiger partial charge on any atom is -0.494 e. The molecule has 7 heteroatoms. The Bertz CT molecular complexity index is 880. The number of para-hydroxylation sites is 1. The highest BCUT2D eigenvalue weighted by Crippen LogP contribution is 2.24. The van der Waals surface area contributed by atoms with Crippen LogP contribution in [0.4, 0.5) is 31.9 Å². The number of nitrogens with zero attached hydrogens (tertiary/aromatic N) is 2. The Kier molecular flexibility index (Phi) is 5.26. The fourth-order valence-corrected chi connectivity index (χ4v) is 2.37. The lowest BCUT2D eigenvalue weighted by Crippen LogP contribution is -2.05. The second kappa shape index (κ2) is 7.77. The van der Waals surface area contributed by atoms with Crippen LogP contribution in [0.15, 0.2) is 48.5 Å². The summed E-state index contributed by atoms with van der Waals surface area (Å²) in [6.07, 6.45) is 0. The number of benzene rings is 2. The van der Waals surface area contributed by atoms with Gasteiger partial charge in [-0.1, -0.05) is 6.07 Å². The van der Waals surface area contributed by atoms with Gasteiger partial charge in [-0.25, -0.2) is 13.8 Å². The Morgan fingerprint density at radius 1 is 0.962 bits per heavy atom. The molecule has 0 amide bonds. The first kappa shape index (κ1) is 17.6. The fraction of sp³-hybridized carbons (Fsp3) is 0.158. The van der Waals surface area contributed by atoms with E-state index in [1.807, 2.05) is 31.2 Å². The van der Waals surface area contributed by atoms with E-state index >= 15 is 0 Å². The highest BCUT2D eigenvalue weighted by Gasteiger charge is 2.11. The minimum atomic E-state index is -0.712. The molecule has 0 saturated heterocycles. The summed E-state index contributed by atoms with van der Waals surface area (Å²) in [6, 6.07) is 12.8. The normalized spacial score (nSPS) is 10.5. The topological polar surface area (TPSA) is 59.1 Å². The van der Waals surface area contributed by atoms with Crippen LogP contribution in [0.25, 0.3) is 0 Å². The summed E-state index contributed by atoms with van der Waals surface area (Å²) in [4.78, 5) is 8.44. The van der Waals surface area contributed by atoms with Crippen LogP contribution in [0.5, 0.6) is 5.75 Å². The molecule has 0 spiro atoms. The number of halogens is 2. The van der Waals surface area contributed by atoms with E-state index in [2.05, 4.69) is 20.6 Å². The summed E-state index contributed by atoms with van der Waals surface area (Å²) in [7, 11) is 0. The van der Waals surface area contributed by atoms with Crippen LogP contribution < -0.4 is 15.4 Å². The lowest BCUT2D eigenvalue weighted by molar-refractivity contribution is 0.340. The Balaban J connectivity index is 1.81. The molecule has 0 unspecified atom stereocenters. The number of nitrogens with one attached hydrogen (secondary N) is 2. The molecular weight excluding hydrogens is 338 g/mol. The van der Waals surface area contributed by atoms with Gasteiger partial charge in [-0.15, -0.1) is 0 Å². The molecule has 0 radical (unpaired) electrons. The molecule has 26 heavy (non-hydrogen) atoms. The molecule has 3 rings (SSSR count). The van der Waals surface area contributed by atoms with Crippen LogP contribution in [0.3, 0.4) is 0 Å². The van der Waals surface area contributed by atoms with Crippen molar-refractivity contribution in [1.82, 2.24) is 9.97 Å². The number of aromatic nitrogens is 2. The molecule has 0 aliphatic rings. The van der Waals surface area contributed by atoms with Gasteiger partial charge in [-0.3, -0.25) is 0 Å². The molecule has 0 fully saturated rings. The van der Waals surface area contributed by atoms with Gasteiger partial charge in [0.25, 0.3) is 0 Å². The zero-order chi connectivity index (χ0) is 18.5. The molecule has 0 aliphatic carbocycles. The third kappa shape index (κ3) is 4.24. The first-order valence-electron chi connectivity index (χ1n) is 8.12. The lowest BCUT2D eigenvalue weighted by atomic mass is 10.3. The van der Waals surface area contributed by atoms with Gasteiger partial charge >= 0.3 is 0 Å². The second-order valence-corrected chi connectivity index (χ2v) is 5.52. The molecule has 0 bridgehead atoms. The number of hydrogen-bond acceptors (Lipinski definition) is 5. The van der Waals surface area contributed by atoms with Crippen molar-refractivity contribution in [3.63, 3.8) is 0 Å². The van der Waals surface area contributed by atoms with Crippen LogP contribution >= 0.6 is 0 Å². The van der Waals surface area contributed by atoms with Gasteiger partial charge in [0, 0.05) is 17.4 Å². The summed E-state index contributed by atoms with van der Waals surface area (Å²) in [5, 5.41) is 5.74. The third-order valence-corrected chi connectivity index (χ3v) is 3.49. The van der Waals surface area contributed by atoms with Crippen molar-refractivity contribution >= 4 is 23.1 Å². The van der Waals surface area contributed by atoms with Crippen molar-refractivity contribution in [2.45, 2.75) is 13.8 Å². The highest BCUT2D eigenvalue weighted by atomic mass is 19.1. The fourth-order valence-electron chi connectivity index (χ4n) is 2.37. The summed E-state index contributed by atoms with van der Waals surface area (Å²) in [6.45, 7) is 4.29. The van der Waals surface area contributed by atoms with Gasteiger partial charge in [0.2, 0.25) is 5.95 Å². The van der Waals surface area contributed by atoms with Crippen molar-refractivity contribution in [3.8, 4) is 5.75 Å². The average Bonchev–Trinajstić information content (AvgIpc) is 2.60. The standard InChI is InChI=1S/C19H18F2N4O/c1-3-26-14-9-7-13(8-10-14)23-17-11-12(2)22-19(24-17)25-18-15(20)5-4-6-16(18)21/h4-11H,3H2,1-2H3,(H2,22,23,24,25). The Morgan fingerprint density at radius 2 is 1.65 bits per heavy atom. The lowest BCUT2D eigenvalue weighted by Gasteiger charge is -2.11. The Morgan fingerprint density at radius 3 is 2.31 bits per heavy atom.